The van der Waals surface area contributed by atoms with Crippen molar-refractivity contribution in [3.8, 4) is 0 Å². The highest BCUT2D eigenvalue weighted by Crippen LogP contribution is 2.59. The number of fused-ring (bicyclic) bond motifs is 2. The van der Waals surface area contributed by atoms with E-state index in [9.17, 15) is 4.79 Å². The van der Waals surface area contributed by atoms with E-state index in [0.717, 1.165) is 16.3 Å². The first-order valence-electron chi connectivity index (χ1n) is 7.02. The number of para-hydroxylation sites is 1. The van der Waals surface area contributed by atoms with Crippen LogP contribution in [0.2, 0.25) is 0 Å². The minimum atomic E-state index is 0.0508. The minimum absolute atomic E-state index is 0.0508. The summed E-state index contributed by atoms with van der Waals surface area (Å²) in [6, 6.07) is 8.25. The van der Waals surface area contributed by atoms with Crippen LogP contribution in [0.25, 0.3) is 10.2 Å². The third-order valence-electron chi connectivity index (χ3n) is 4.92. The molecule has 1 saturated heterocycles. The Balaban J connectivity index is 1.46. The average Bonchev–Trinajstić information content (AvgIpc) is 3.14. The van der Waals surface area contributed by atoms with E-state index in [1.54, 1.807) is 11.3 Å². The molecule has 0 radical (unpaired) electrons. The van der Waals surface area contributed by atoms with Gasteiger partial charge in [-0.25, -0.2) is 4.98 Å². The van der Waals surface area contributed by atoms with Crippen LogP contribution in [0.3, 0.4) is 0 Å². The molecule has 2 saturated carbocycles. The molecule has 102 valence electrons. The zero-order chi connectivity index (χ0) is 13.3. The Morgan fingerprint density at radius 3 is 3.10 bits per heavy atom. The van der Waals surface area contributed by atoms with Crippen LogP contribution in [-0.4, -0.2) is 22.3 Å². The summed E-state index contributed by atoms with van der Waals surface area (Å²) in [7, 11) is 0. The molecule has 2 aliphatic carbocycles. The molecule has 3 nitrogen and oxygen atoms in total. The van der Waals surface area contributed by atoms with E-state index in [1.165, 1.54) is 11.1 Å². The first-order chi connectivity index (χ1) is 9.79. The Morgan fingerprint density at radius 2 is 2.20 bits per heavy atom. The fourth-order valence-electron chi connectivity index (χ4n) is 4.08. The molecule has 1 aromatic carbocycles. The van der Waals surface area contributed by atoms with Crippen LogP contribution in [0.5, 0.6) is 0 Å². The Kier molecular flexibility index (Phi) is 2.30. The smallest absolute Gasteiger partial charge is 0.309 e. The molecule has 0 spiro atoms. The van der Waals surface area contributed by atoms with Crippen LogP contribution in [0, 0.1) is 17.8 Å². The molecule has 0 amide bonds. The van der Waals surface area contributed by atoms with E-state index in [2.05, 4.69) is 18.2 Å². The van der Waals surface area contributed by atoms with Gasteiger partial charge in [-0.05, 0) is 30.9 Å². The largest absolute Gasteiger partial charge is 0.461 e. The van der Waals surface area contributed by atoms with Crippen molar-refractivity contribution in [2.45, 2.75) is 28.5 Å². The van der Waals surface area contributed by atoms with Gasteiger partial charge < -0.3 is 4.74 Å². The number of carbonyl (C=O) groups is 1. The molecule has 1 aromatic heterocycles. The van der Waals surface area contributed by atoms with Gasteiger partial charge in [0.05, 0.1) is 21.4 Å². The number of carbonyl (C=O) groups excluding carboxylic acids is 1. The van der Waals surface area contributed by atoms with Gasteiger partial charge in [-0.15, -0.1) is 11.3 Å². The number of rotatable bonds is 2. The van der Waals surface area contributed by atoms with Crippen LogP contribution < -0.4 is 0 Å². The highest BCUT2D eigenvalue weighted by Gasteiger charge is 2.62. The highest BCUT2D eigenvalue weighted by molar-refractivity contribution is 8.01. The van der Waals surface area contributed by atoms with Crippen molar-refractivity contribution in [2.24, 2.45) is 17.8 Å². The van der Waals surface area contributed by atoms with E-state index in [-0.39, 0.29) is 18.0 Å². The zero-order valence-electron chi connectivity index (χ0n) is 10.7. The van der Waals surface area contributed by atoms with Crippen molar-refractivity contribution in [3.05, 3.63) is 24.3 Å². The first kappa shape index (κ1) is 11.6. The number of aromatic nitrogens is 1. The molecule has 3 fully saturated rings. The fourth-order valence-corrected chi connectivity index (χ4v) is 6.76. The molecule has 0 unspecified atom stereocenters. The van der Waals surface area contributed by atoms with Crippen molar-refractivity contribution in [2.75, 3.05) is 0 Å². The van der Waals surface area contributed by atoms with E-state index in [0.29, 0.717) is 17.1 Å². The lowest BCUT2D eigenvalue weighted by atomic mass is 9.90. The summed E-state index contributed by atoms with van der Waals surface area (Å²) in [4.78, 5) is 16.5. The fraction of sp³-hybridized carbons (Fsp3) is 0.467. The quantitative estimate of drug-likeness (QED) is 0.798. The predicted octanol–water partition coefficient (Wildman–Crippen LogP) is 3.34. The summed E-state index contributed by atoms with van der Waals surface area (Å²) in [6.45, 7) is 0. The van der Waals surface area contributed by atoms with Crippen molar-refractivity contribution in [3.63, 3.8) is 0 Å². The van der Waals surface area contributed by atoms with Crippen molar-refractivity contribution >= 4 is 39.3 Å². The Labute approximate surface area is 124 Å². The normalized spacial score (nSPS) is 37.8. The summed E-state index contributed by atoms with van der Waals surface area (Å²) in [5.41, 5.74) is 1.07. The molecular formula is C15H13NO2S2. The molecule has 2 heterocycles. The second-order valence-corrected chi connectivity index (χ2v) is 8.39. The van der Waals surface area contributed by atoms with Gasteiger partial charge in [0.1, 0.15) is 6.10 Å². The molecule has 2 bridgehead atoms. The van der Waals surface area contributed by atoms with Crippen LogP contribution in [0.1, 0.15) is 12.8 Å². The first-order valence-corrected chi connectivity index (χ1v) is 8.72. The number of hydrogen-bond donors (Lipinski definition) is 0. The van der Waals surface area contributed by atoms with Gasteiger partial charge in [0.15, 0.2) is 4.34 Å². The second-order valence-electron chi connectivity index (χ2n) is 5.93. The van der Waals surface area contributed by atoms with Gasteiger partial charge in [-0.3, -0.25) is 4.79 Å². The number of benzene rings is 1. The topological polar surface area (TPSA) is 39.2 Å². The SMILES string of the molecule is O=C1O[C@H]2[C@H]3C[C@H](C[C@@H]13)[C@@H]2Sc1nc2ccccc2s1. The molecule has 5 atom stereocenters. The summed E-state index contributed by atoms with van der Waals surface area (Å²) in [6.07, 6.45) is 2.34. The van der Waals surface area contributed by atoms with E-state index >= 15 is 0 Å². The van der Waals surface area contributed by atoms with Gasteiger partial charge in [0, 0.05) is 5.92 Å². The van der Waals surface area contributed by atoms with Gasteiger partial charge in [-0.1, -0.05) is 23.9 Å². The van der Waals surface area contributed by atoms with Crippen molar-refractivity contribution in [1.82, 2.24) is 4.98 Å². The van der Waals surface area contributed by atoms with Crippen LogP contribution in [0.15, 0.2) is 28.6 Å². The molecule has 3 aliphatic rings. The van der Waals surface area contributed by atoms with E-state index < -0.39 is 0 Å². The third-order valence-corrected chi connectivity index (χ3v) is 7.51. The monoisotopic (exact) mass is 303 g/mol. The number of hydrogen-bond acceptors (Lipinski definition) is 5. The average molecular weight is 303 g/mol. The number of ether oxygens (including phenoxy) is 1. The van der Waals surface area contributed by atoms with Crippen LogP contribution in [-0.2, 0) is 9.53 Å². The van der Waals surface area contributed by atoms with Gasteiger partial charge in [-0.2, -0.15) is 0 Å². The minimum Gasteiger partial charge on any atom is -0.461 e. The predicted molar refractivity (Wildman–Crippen MR) is 78.8 cm³/mol. The van der Waals surface area contributed by atoms with E-state index in [4.69, 9.17) is 9.72 Å². The Bertz CT molecular complexity index is 680. The number of thiazole rings is 1. The summed E-state index contributed by atoms with van der Waals surface area (Å²) >= 11 is 3.58. The summed E-state index contributed by atoms with van der Waals surface area (Å²) in [5.74, 6) is 1.38. The number of thioether (sulfide) groups is 1. The Morgan fingerprint density at radius 1 is 1.30 bits per heavy atom. The highest BCUT2D eigenvalue weighted by atomic mass is 32.2. The molecule has 5 heteroatoms. The van der Waals surface area contributed by atoms with Gasteiger partial charge in [0.2, 0.25) is 0 Å². The van der Waals surface area contributed by atoms with Crippen molar-refractivity contribution in [1.29, 1.82) is 0 Å². The standard InChI is InChI=1S/C15H13NO2S2/c17-14-9-6-7-5-8(9)12(18-14)13(7)20-15-16-10-3-1-2-4-11(10)19-15/h1-4,7-9,12-13H,5-6H2/t7-,8+,9-,12+,13+/m1/s1. The van der Waals surface area contributed by atoms with E-state index in [1.807, 2.05) is 17.8 Å². The van der Waals surface area contributed by atoms with Crippen LogP contribution >= 0.6 is 23.1 Å². The number of esters is 1. The molecule has 0 N–H and O–H groups in total. The molecule has 5 rings (SSSR count). The maximum absolute atomic E-state index is 11.8. The van der Waals surface area contributed by atoms with Gasteiger partial charge in [0.25, 0.3) is 0 Å². The van der Waals surface area contributed by atoms with Gasteiger partial charge >= 0.3 is 5.97 Å². The maximum Gasteiger partial charge on any atom is 0.309 e. The van der Waals surface area contributed by atoms with Crippen molar-refractivity contribution < 1.29 is 9.53 Å². The maximum atomic E-state index is 11.8. The lowest BCUT2D eigenvalue weighted by Crippen LogP contribution is -2.29. The molecule has 2 aromatic rings. The lowest BCUT2D eigenvalue weighted by molar-refractivity contribution is -0.143. The Hall–Kier alpha value is -1.07. The zero-order valence-corrected chi connectivity index (χ0v) is 12.3. The summed E-state index contributed by atoms with van der Waals surface area (Å²) < 4.78 is 7.96. The molecule has 20 heavy (non-hydrogen) atoms. The lowest BCUT2D eigenvalue weighted by Gasteiger charge is -2.23. The number of nitrogens with zero attached hydrogens (tertiary/aromatic N) is 1. The molecular weight excluding hydrogens is 290 g/mol. The van der Waals surface area contributed by atoms with Crippen LogP contribution in [0.4, 0.5) is 0 Å². The summed E-state index contributed by atoms with van der Waals surface area (Å²) in [5, 5.41) is 0.420. The second kappa shape index (κ2) is 3.98. The third kappa shape index (κ3) is 1.48. The molecule has 1 aliphatic heterocycles.